The second-order valence-electron chi connectivity index (χ2n) is 5.02. The first-order chi connectivity index (χ1) is 8.38. The molecule has 1 N–H and O–H groups in total. The van der Waals surface area contributed by atoms with E-state index in [0.29, 0.717) is 0 Å². The normalized spacial score (nSPS) is 20.9. The summed E-state index contributed by atoms with van der Waals surface area (Å²) in [5, 5.41) is 3.42. The topological polar surface area (TPSA) is 15.3 Å². The van der Waals surface area contributed by atoms with E-state index in [-0.39, 0.29) is 0 Å². The van der Waals surface area contributed by atoms with E-state index in [0.717, 1.165) is 19.0 Å². The fourth-order valence-corrected chi connectivity index (χ4v) is 2.62. The number of hydrogen-bond acceptors (Lipinski definition) is 2. The molecule has 0 unspecified atom stereocenters. The highest BCUT2D eigenvalue weighted by molar-refractivity contribution is 5.14. The number of nitrogens with one attached hydrogen (secondary N) is 1. The molecule has 1 aliphatic heterocycles. The highest BCUT2D eigenvalue weighted by Crippen LogP contribution is 2.20. The summed E-state index contributed by atoms with van der Waals surface area (Å²) >= 11 is 0. The van der Waals surface area contributed by atoms with Gasteiger partial charge in [-0.25, -0.2) is 0 Å². The minimum Gasteiger partial charge on any atom is -0.317 e. The third kappa shape index (κ3) is 4.14. The zero-order valence-electron chi connectivity index (χ0n) is 10.9. The van der Waals surface area contributed by atoms with Crippen LogP contribution < -0.4 is 5.32 Å². The first kappa shape index (κ1) is 12.6. The Bertz CT molecular complexity index is 310. The molecule has 0 bridgehead atoms. The van der Waals surface area contributed by atoms with Crippen LogP contribution in [0.25, 0.3) is 0 Å². The predicted molar refractivity (Wildman–Crippen MR) is 73.0 cm³/mol. The van der Waals surface area contributed by atoms with E-state index in [2.05, 4.69) is 47.5 Å². The summed E-state index contributed by atoms with van der Waals surface area (Å²) in [6.07, 6.45) is 2.71. The Labute approximate surface area is 105 Å². The summed E-state index contributed by atoms with van der Waals surface area (Å²) in [7, 11) is 0. The fourth-order valence-electron chi connectivity index (χ4n) is 2.62. The third-order valence-corrected chi connectivity index (χ3v) is 3.60. The van der Waals surface area contributed by atoms with Gasteiger partial charge in [0.05, 0.1) is 0 Å². The zero-order chi connectivity index (χ0) is 11.9. The molecule has 1 saturated heterocycles. The molecule has 17 heavy (non-hydrogen) atoms. The van der Waals surface area contributed by atoms with Crippen molar-refractivity contribution >= 4 is 0 Å². The zero-order valence-corrected chi connectivity index (χ0v) is 10.9. The Morgan fingerprint density at radius 3 is 2.88 bits per heavy atom. The molecule has 1 heterocycles. The van der Waals surface area contributed by atoms with Crippen LogP contribution in [0.4, 0.5) is 0 Å². The van der Waals surface area contributed by atoms with E-state index in [1.165, 1.54) is 38.0 Å². The minimum atomic E-state index is 0.901. The summed E-state index contributed by atoms with van der Waals surface area (Å²) in [5.74, 6) is 0.901. The predicted octanol–water partition coefficient (Wildman–Crippen LogP) is 2.51. The Hall–Kier alpha value is -0.860. The van der Waals surface area contributed by atoms with E-state index in [9.17, 15) is 0 Å². The van der Waals surface area contributed by atoms with Crippen molar-refractivity contribution in [3.63, 3.8) is 0 Å². The van der Waals surface area contributed by atoms with Crippen molar-refractivity contribution in [1.29, 1.82) is 0 Å². The van der Waals surface area contributed by atoms with Crippen molar-refractivity contribution in [1.82, 2.24) is 10.2 Å². The summed E-state index contributed by atoms with van der Waals surface area (Å²) in [6, 6.07) is 10.8. The molecule has 0 spiro atoms. The van der Waals surface area contributed by atoms with Gasteiger partial charge in [0.25, 0.3) is 0 Å². The molecule has 1 aliphatic rings. The highest BCUT2D eigenvalue weighted by atomic mass is 15.1. The van der Waals surface area contributed by atoms with E-state index in [1.54, 1.807) is 0 Å². The van der Waals surface area contributed by atoms with E-state index in [1.807, 2.05) is 0 Å². The fraction of sp³-hybridized carbons (Fsp3) is 0.600. The molecule has 0 radical (unpaired) electrons. The number of benzene rings is 1. The van der Waals surface area contributed by atoms with Gasteiger partial charge in [0, 0.05) is 13.1 Å². The quantitative estimate of drug-likeness (QED) is 0.758. The van der Waals surface area contributed by atoms with Crippen molar-refractivity contribution in [2.24, 2.45) is 5.92 Å². The minimum absolute atomic E-state index is 0.901. The first-order valence-corrected chi connectivity index (χ1v) is 6.85. The van der Waals surface area contributed by atoms with Crippen molar-refractivity contribution in [3.8, 4) is 0 Å². The van der Waals surface area contributed by atoms with Gasteiger partial charge in [-0.15, -0.1) is 0 Å². The molecule has 0 aromatic heterocycles. The maximum absolute atomic E-state index is 3.42. The van der Waals surface area contributed by atoms with Crippen LogP contribution >= 0.6 is 0 Å². The molecule has 0 aliphatic carbocycles. The SMILES string of the molecule is CCNCC[C@@H]1CCN(Cc2ccccc2)C1. The molecule has 1 aromatic rings. The van der Waals surface area contributed by atoms with E-state index < -0.39 is 0 Å². The van der Waals surface area contributed by atoms with Crippen molar-refractivity contribution in [3.05, 3.63) is 35.9 Å². The van der Waals surface area contributed by atoms with Gasteiger partial charge in [0.1, 0.15) is 0 Å². The highest BCUT2D eigenvalue weighted by Gasteiger charge is 2.21. The van der Waals surface area contributed by atoms with Gasteiger partial charge in [0.15, 0.2) is 0 Å². The second-order valence-corrected chi connectivity index (χ2v) is 5.02. The van der Waals surface area contributed by atoms with Crippen LogP contribution in [-0.4, -0.2) is 31.1 Å². The largest absolute Gasteiger partial charge is 0.317 e. The maximum atomic E-state index is 3.42. The lowest BCUT2D eigenvalue weighted by Gasteiger charge is -2.16. The van der Waals surface area contributed by atoms with Crippen LogP contribution in [-0.2, 0) is 6.54 Å². The average Bonchev–Trinajstić information content (AvgIpc) is 2.79. The van der Waals surface area contributed by atoms with Gasteiger partial charge in [-0.1, -0.05) is 37.3 Å². The van der Waals surface area contributed by atoms with Gasteiger partial charge in [-0.2, -0.15) is 0 Å². The van der Waals surface area contributed by atoms with Gasteiger partial charge in [-0.05, 0) is 44.0 Å². The first-order valence-electron chi connectivity index (χ1n) is 6.85. The molecular formula is C15H24N2. The number of hydrogen-bond donors (Lipinski definition) is 1. The van der Waals surface area contributed by atoms with Gasteiger partial charge in [0.2, 0.25) is 0 Å². The Morgan fingerprint density at radius 2 is 2.12 bits per heavy atom. The molecule has 2 nitrogen and oxygen atoms in total. The lowest BCUT2D eigenvalue weighted by atomic mass is 10.1. The lowest BCUT2D eigenvalue weighted by molar-refractivity contribution is 0.312. The third-order valence-electron chi connectivity index (χ3n) is 3.60. The molecule has 2 heteroatoms. The van der Waals surface area contributed by atoms with E-state index >= 15 is 0 Å². The van der Waals surface area contributed by atoms with Crippen LogP contribution in [0.3, 0.4) is 0 Å². The van der Waals surface area contributed by atoms with Gasteiger partial charge < -0.3 is 5.32 Å². The van der Waals surface area contributed by atoms with Crippen LogP contribution in [0.1, 0.15) is 25.3 Å². The summed E-state index contributed by atoms with van der Waals surface area (Å²) in [4.78, 5) is 2.59. The summed E-state index contributed by atoms with van der Waals surface area (Å²) in [5.41, 5.74) is 1.44. The standard InChI is InChI=1S/C15H24N2/c1-2-16-10-8-15-9-11-17(13-15)12-14-6-4-3-5-7-14/h3-7,15-16H,2,8-13H2,1H3/t15-/m1/s1. The van der Waals surface area contributed by atoms with Crippen LogP contribution in [0.15, 0.2) is 30.3 Å². The lowest BCUT2D eigenvalue weighted by Crippen LogP contribution is -2.22. The summed E-state index contributed by atoms with van der Waals surface area (Å²) < 4.78 is 0. The number of nitrogens with zero attached hydrogens (tertiary/aromatic N) is 1. The van der Waals surface area contributed by atoms with Crippen molar-refractivity contribution in [2.75, 3.05) is 26.2 Å². The molecule has 1 aromatic carbocycles. The summed E-state index contributed by atoms with van der Waals surface area (Å²) in [6.45, 7) is 8.13. The monoisotopic (exact) mass is 232 g/mol. The van der Waals surface area contributed by atoms with Crippen LogP contribution in [0, 0.1) is 5.92 Å². The van der Waals surface area contributed by atoms with Gasteiger partial charge >= 0.3 is 0 Å². The molecule has 0 saturated carbocycles. The smallest absolute Gasteiger partial charge is 0.0233 e. The van der Waals surface area contributed by atoms with Gasteiger partial charge in [-0.3, -0.25) is 4.90 Å². The van der Waals surface area contributed by atoms with Crippen LogP contribution in [0.5, 0.6) is 0 Å². The van der Waals surface area contributed by atoms with E-state index in [4.69, 9.17) is 0 Å². The Morgan fingerprint density at radius 1 is 1.29 bits per heavy atom. The second kappa shape index (κ2) is 6.77. The molecule has 1 fully saturated rings. The molecule has 1 atom stereocenters. The molecule has 0 amide bonds. The van der Waals surface area contributed by atoms with Crippen molar-refractivity contribution in [2.45, 2.75) is 26.3 Å². The number of rotatable bonds is 6. The number of likely N-dealkylation sites (tertiary alicyclic amines) is 1. The Balaban J connectivity index is 1.71. The van der Waals surface area contributed by atoms with Crippen LogP contribution in [0.2, 0.25) is 0 Å². The Kier molecular flexibility index (Phi) is 5.02. The molecule has 94 valence electrons. The molecular weight excluding hydrogens is 208 g/mol. The van der Waals surface area contributed by atoms with Crippen molar-refractivity contribution < 1.29 is 0 Å². The average molecular weight is 232 g/mol. The molecule has 2 rings (SSSR count). The maximum Gasteiger partial charge on any atom is 0.0233 e.